The van der Waals surface area contributed by atoms with E-state index in [0.717, 1.165) is 26.1 Å². The minimum atomic E-state index is 1.10. The van der Waals surface area contributed by atoms with Gasteiger partial charge in [-0.15, -0.1) is 0 Å². The summed E-state index contributed by atoms with van der Waals surface area (Å²) in [5.41, 5.74) is 2.85. The van der Waals surface area contributed by atoms with Crippen LogP contribution in [0.3, 0.4) is 0 Å². The van der Waals surface area contributed by atoms with Crippen molar-refractivity contribution in [2.45, 2.75) is 19.8 Å². The molecule has 1 aliphatic rings. The summed E-state index contributed by atoms with van der Waals surface area (Å²) < 4.78 is 1.18. The maximum absolute atomic E-state index is 3.55. The van der Waals surface area contributed by atoms with Crippen molar-refractivity contribution in [1.82, 2.24) is 5.32 Å². The van der Waals surface area contributed by atoms with Gasteiger partial charge in [0.25, 0.3) is 0 Å². The van der Waals surface area contributed by atoms with E-state index in [9.17, 15) is 0 Å². The lowest BCUT2D eigenvalue weighted by Gasteiger charge is -2.25. The molecule has 0 amide bonds. The van der Waals surface area contributed by atoms with Crippen molar-refractivity contribution in [2.75, 3.05) is 31.1 Å². The monoisotopic (exact) mass is 282 g/mol. The van der Waals surface area contributed by atoms with Crippen molar-refractivity contribution < 1.29 is 0 Å². The SMILES string of the molecule is CCc1cc(Br)ccc1N1CCCNCC1. The molecule has 0 aliphatic carbocycles. The molecule has 1 heterocycles. The lowest BCUT2D eigenvalue weighted by atomic mass is 10.1. The fourth-order valence-corrected chi connectivity index (χ4v) is 2.64. The number of nitrogens with one attached hydrogen (secondary N) is 1. The standard InChI is InChI=1S/C13H19BrN2/c1-2-11-10-12(14)4-5-13(11)16-8-3-6-15-7-9-16/h4-5,10,15H,2-3,6-9H2,1H3. The number of nitrogens with zero attached hydrogens (tertiary/aromatic N) is 1. The molecule has 1 aromatic carbocycles. The summed E-state index contributed by atoms with van der Waals surface area (Å²) in [6.07, 6.45) is 2.33. The van der Waals surface area contributed by atoms with Crippen LogP contribution in [-0.2, 0) is 6.42 Å². The van der Waals surface area contributed by atoms with Crippen LogP contribution in [0.4, 0.5) is 5.69 Å². The van der Waals surface area contributed by atoms with E-state index in [4.69, 9.17) is 0 Å². The van der Waals surface area contributed by atoms with Crippen molar-refractivity contribution in [3.63, 3.8) is 0 Å². The summed E-state index contributed by atoms with van der Waals surface area (Å²) in [5, 5.41) is 3.44. The van der Waals surface area contributed by atoms with Gasteiger partial charge in [-0.3, -0.25) is 0 Å². The fraction of sp³-hybridized carbons (Fsp3) is 0.538. The molecule has 0 radical (unpaired) electrons. The first-order valence-corrected chi connectivity index (χ1v) is 6.84. The third-order valence-electron chi connectivity index (χ3n) is 3.10. The summed E-state index contributed by atoms with van der Waals surface area (Å²) in [7, 11) is 0. The molecule has 0 spiro atoms. The molecule has 1 aliphatic heterocycles. The van der Waals surface area contributed by atoms with Crippen molar-refractivity contribution in [3.05, 3.63) is 28.2 Å². The number of aryl methyl sites for hydroxylation is 1. The van der Waals surface area contributed by atoms with Crippen LogP contribution in [0, 0.1) is 0 Å². The number of benzene rings is 1. The van der Waals surface area contributed by atoms with Crippen LogP contribution >= 0.6 is 15.9 Å². The average Bonchev–Trinajstić information content (AvgIpc) is 2.57. The molecule has 0 atom stereocenters. The van der Waals surface area contributed by atoms with E-state index in [0.29, 0.717) is 0 Å². The number of hydrogen-bond acceptors (Lipinski definition) is 2. The first-order chi connectivity index (χ1) is 7.81. The predicted molar refractivity (Wildman–Crippen MR) is 73.2 cm³/mol. The third-order valence-corrected chi connectivity index (χ3v) is 3.60. The molecule has 1 saturated heterocycles. The van der Waals surface area contributed by atoms with Gasteiger partial charge in [0.2, 0.25) is 0 Å². The van der Waals surface area contributed by atoms with Crippen molar-refractivity contribution in [1.29, 1.82) is 0 Å². The van der Waals surface area contributed by atoms with Gasteiger partial charge in [0, 0.05) is 29.8 Å². The molecule has 1 aromatic rings. The van der Waals surface area contributed by atoms with Crippen LogP contribution in [0.15, 0.2) is 22.7 Å². The Kier molecular flexibility index (Phi) is 4.24. The Morgan fingerprint density at radius 2 is 2.19 bits per heavy atom. The zero-order valence-corrected chi connectivity index (χ0v) is 11.4. The molecule has 0 saturated carbocycles. The van der Waals surface area contributed by atoms with E-state index in [1.54, 1.807) is 0 Å². The number of halogens is 1. The first kappa shape index (κ1) is 11.9. The van der Waals surface area contributed by atoms with Gasteiger partial charge in [0.1, 0.15) is 0 Å². The maximum atomic E-state index is 3.55. The topological polar surface area (TPSA) is 15.3 Å². The van der Waals surface area contributed by atoms with Crippen LogP contribution in [0.2, 0.25) is 0 Å². The van der Waals surface area contributed by atoms with Gasteiger partial charge in [0.15, 0.2) is 0 Å². The van der Waals surface area contributed by atoms with Gasteiger partial charge in [-0.1, -0.05) is 22.9 Å². The van der Waals surface area contributed by atoms with Gasteiger partial charge < -0.3 is 10.2 Å². The number of hydrogen-bond donors (Lipinski definition) is 1. The largest absolute Gasteiger partial charge is 0.370 e. The van der Waals surface area contributed by atoms with Crippen LogP contribution in [0.5, 0.6) is 0 Å². The van der Waals surface area contributed by atoms with Gasteiger partial charge in [-0.2, -0.15) is 0 Å². The second-order valence-corrected chi connectivity index (χ2v) is 5.13. The molecule has 1 N–H and O–H groups in total. The van der Waals surface area contributed by atoms with Gasteiger partial charge in [-0.25, -0.2) is 0 Å². The quantitative estimate of drug-likeness (QED) is 0.898. The molecule has 0 bridgehead atoms. The van der Waals surface area contributed by atoms with Crippen LogP contribution in [0.1, 0.15) is 18.9 Å². The average molecular weight is 283 g/mol. The molecular formula is C13H19BrN2. The fourth-order valence-electron chi connectivity index (χ4n) is 2.23. The van der Waals surface area contributed by atoms with E-state index in [1.807, 2.05) is 0 Å². The van der Waals surface area contributed by atoms with Crippen LogP contribution in [0.25, 0.3) is 0 Å². The van der Waals surface area contributed by atoms with Crippen molar-refractivity contribution >= 4 is 21.6 Å². The lowest BCUT2D eigenvalue weighted by molar-refractivity contribution is 0.724. The summed E-state index contributed by atoms with van der Waals surface area (Å²) in [5.74, 6) is 0. The highest BCUT2D eigenvalue weighted by Crippen LogP contribution is 2.25. The summed E-state index contributed by atoms with van der Waals surface area (Å²) >= 11 is 3.55. The van der Waals surface area contributed by atoms with E-state index in [2.05, 4.69) is 51.3 Å². The highest BCUT2D eigenvalue weighted by atomic mass is 79.9. The lowest BCUT2D eigenvalue weighted by Crippen LogP contribution is -2.28. The van der Waals surface area contributed by atoms with Gasteiger partial charge >= 0.3 is 0 Å². The highest BCUT2D eigenvalue weighted by Gasteiger charge is 2.12. The van der Waals surface area contributed by atoms with E-state index in [-0.39, 0.29) is 0 Å². The molecule has 88 valence electrons. The molecule has 16 heavy (non-hydrogen) atoms. The summed E-state index contributed by atoms with van der Waals surface area (Å²) in [6, 6.07) is 6.63. The van der Waals surface area contributed by atoms with Gasteiger partial charge in [0.05, 0.1) is 0 Å². The predicted octanol–water partition coefficient (Wildman–Crippen LogP) is 2.81. The van der Waals surface area contributed by atoms with E-state index >= 15 is 0 Å². The first-order valence-electron chi connectivity index (χ1n) is 6.05. The Hall–Kier alpha value is -0.540. The Labute approximate surface area is 106 Å². The Balaban J connectivity index is 2.23. The Morgan fingerprint density at radius 1 is 1.31 bits per heavy atom. The van der Waals surface area contributed by atoms with Crippen LogP contribution < -0.4 is 10.2 Å². The Bertz CT molecular complexity index is 344. The minimum absolute atomic E-state index is 1.10. The van der Waals surface area contributed by atoms with Crippen molar-refractivity contribution in [3.8, 4) is 0 Å². The molecule has 2 nitrogen and oxygen atoms in total. The summed E-state index contributed by atoms with van der Waals surface area (Å²) in [6.45, 7) is 6.76. The molecule has 3 heteroatoms. The second kappa shape index (κ2) is 5.69. The summed E-state index contributed by atoms with van der Waals surface area (Å²) in [4.78, 5) is 2.51. The van der Waals surface area contributed by atoms with Gasteiger partial charge in [-0.05, 0) is 43.1 Å². The zero-order valence-electron chi connectivity index (χ0n) is 9.80. The smallest absolute Gasteiger partial charge is 0.0399 e. The minimum Gasteiger partial charge on any atom is -0.370 e. The molecule has 0 aromatic heterocycles. The molecule has 2 rings (SSSR count). The Morgan fingerprint density at radius 3 is 3.00 bits per heavy atom. The maximum Gasteiger partial charge on any atom is 0.0399 e. The highest BCUT2D eigenvalue weighted by molar-refractivity contribution is 9.10. The number of rotatable bonds is 2. The molecular weight excluding hydrogens is 264 g/mol. The second-order valence-electron chi connectivity index (χ2n) is 4.22. The normalized spacial score (nSPS) is 17.2. The van der Waals surface area contributed by atoms with E-state index < -0.39 is 0 Å². The third kappa shape index (κ3) is 2.77. The van der Waals surface area contributed by atoms with Crippen LogP contribution in [-0.4, -0.2) is 26.2 Å². The molecule has 1 fully saturated rings. The van der Waals surface area contributed by atoms with Crippen molar-refractivity contribution in [2.24, 2.45) is 0 Å². The van der Waals surface area contributed by atoms with E-state index in [1.165, 1.54) is 28.7 Å². The molecule has 0 unspecified atom stereocenters. The number of anilines is 1. The zero-order chi connectivity index (χ0) is 11.4.